The predicted octanol–water partition coefficient (Wildman–Crippen LogP) is 6.17. The van der Waals surface area contributed by atoms with E-state index in [9.17, 15) is 0 Å². The molecule has 0 amide bonds. The van der Waals surface area contributed by atoms with Gasteiger partial charge in [-0.05, 0) is 68.3 Å². The fraction of sp³-hybridized carbons (Fsp3) is 0.640. The first-order valence-electron chi connectivity index (χ1n) is 11.4. The van der Waals surface area contributed by atoms with Crippen LogP contribution in [0, 0.1) is 11.3 Å². The Hall–Kier alpha value is -1.85. The summed E-state index contributed by atoms with van der Waals surface area (Å²) in [5, 5.41) is 9.47. The maximum Gasteiger partial charge on any atom is 0.179 e. The van der Waals surface area contributed by atoms with Crippen molar-refractivity contribution in [3.05, 3.63) is 35.4 Å². The lowest BCUT2D eigenvalue weighted by molar-refractivity contribution is 0.118. The summed E-state index contributed by atoms with van der Waals surface area (Å²) in [6, 6.07) is 6.62. The lowest BCUT2D eigenvalue weighted by Crippen LogP contribution is -2.13. The molecule has 1 atom stereocenters. The van der Waals surface area contributed by atoms with Crippen LogP contribution in [0.2, 0.25) is 0 Å². The number of ether oxygens (including phenoxy) is 3. The number of unbranched alkanes of at least 4 members (excludes halogenated alkanes) is 1. The Morgan fingerprint density at radius 1 is 1.20 bits per heavy atom. The van der Waals surface area contributed by atoms with Crippen molar-refractivity contribution in [3.63, 3.8) is 0 Å². The van der Waals surface area contributed by atoms with Gasteiger partial charge in [-0.3, -0.25) is 10.7 Å². The van der Waals surface area contributed by atoms with Crippen LogP contribution in [0.5, 0.6) is 5.75 Å². The lowest BCUT2D eigenvalue weighted by atomic mass is 9.87. The molecule has 1 aromatic carbocycles. The molecule has 0 bridgehead atoms. The van der Waals surface area contributed by atoms with Gasteiger partial charge in [-0.2, -0.15) is 0 Å². The maximum absolute atomic E-state index is 6.74. The van der Waals surface area contributed by atoms with Crippen molar-refractivity contribution >= 4 is 11.5 Å². The van der Waals surface area contributed by atoms with Gasteiger partial charge in [-0.1, -0.05) is 39.3 Å². The van der Waals surface area contributed by atoms with E-state index in [1.54, 1.807) is 14.0 Å². The third-order valence-electron chi connectivity index (χ3n) is 4.90. The van der Waals surface area contributed by atoms with Gasteiger partial charge in [0.1, 0.15) is 12.5 Å². The average Bonchev–Trinajstić information content (AvgIpc) is 2.74. The number of nitrogens with one attached hydrogen (secondary N) is 2. The molecule has 2 rings (SSSR count). The molecule has 0 fully saturated rings. The summed E-state index contributed by atoms with van der Waals surface area (Å²) >= 11 is 0. The fourth-order valence-corrected chi connectivity index (χ4v) is 3.09. The second kappa shape index (κ2) is 15.9. The van der Waals surface area contributed by atoms with Gasteiger partial charge < -0.3 is 14.2 Å². The standard InChI is InChI=1S/C21H32O2.C4H10N2O/c1-4-6-14-23-21-12-11-19(15-20(21)16-22-13-5-2)18-9-7-17(3)8-10-18;1-4(5)7-3-6-2/h9,11-12,15,17H,4-8,10,13-14,16H2,1-3H3;5-6H,3H2,1-2H3. The minimum absolute atomic E-state index is 0.245. The first kappa shape index (κ1) is 26.2. The van der Waals surface area contributed by atoms with Crippen LogP contribution in [0.25, 0.3) is 5.57 Å². The molecule has 170 valence electrons. The zero-order valence-corrected chi connectivity index (χ0v) is 19.7. The highest BCUT2D eigenvalue weighted by atomic mass is 16.5. The number of rotatable bonds is 11. The summed E-state index contributed by atoms with van der Waals surface area (Å²) in [6.07, 6.45) is 9.40. The molecule has 0 aromatic heterocycles. The molecule has 0 saturated carbocycles. The summed E-state index contributed by atoms with van der Waals surface area (Å²) in [5.41, 5.74) is 4.02. The van der Waals surface area contributed by atoms with Crippen LogP contribution in [0.15, 0.2) is 24.3 Å². The highest BCUT2D eigenvalue weighted by Gasteiger charge is 2.13. The molecule has 0 radical (unpaired) electrons. The van der Waals surface area contributed by atoms with E-state index in [4.69, 9.17) is 14.9 Å². The van der Waals surface area contributed by atoms with Gasteiger partial charge in [0, 0.05) is 19.1 Å². The van der Waals surface area contributed by atoms with Crippen LogP contribution < -0.4 is 10.1 Å². The monoisotopic (exact) mass is 418 g/mol. The molecule has 5 nitrogen and oxygen atoms in total. The molecule has 1 aromatic rings. The van der Waals surface area contributed by atoms with Gasteiger partial charge in [-0.15, -0.1) is 0 Å². The predicted molar refractivity (Wildman–Crippen MR) is 126 cm³/mol. The molecule has 30 heavy (non-hydrogen) atoms. The Morgan fingerprint density at radius 2 is 2.00 bits per heavy atom. The Kier molecular flexibility index (Phi) is 13.9. The van der Waals surface area contributed by atoms with E-state index >= 15 is 0 Å². The summed E-state index contributed by atoms with van der Waals surface area (Å²) in [7, 11) is 1.77. The first-order chi connectivity index (χ1) is 14.5. The quantitative estimate of drug-likeness (QED) is 0.195. The molecular weight excluding hydrogens is 376 g/mol. The minimum Gasteiger partial charge on any atom is -0.493 e. The molecule has 1 aliphatic rings. The van der Waals surface area contributed by atoms with Crippen LogP contribution in [0.3, 0.4) is 0 Å². The second-order valence-electron chi connectivity index (χ2n) is 7.88. The molecule has 0 heterocycles. The Bertz CT molecular complexity index is 643. The number of allylic oxidation sites excluding steroid dienone is 2. The van der Waals surface area contributed by atoms with E-state index in [1.165, 1.54) is 36.0 Å². The van der Waals surface area contributed by atoms with Crippen LogP contribution in [0.4, 0.5) is 0 Å². The van der Waals surface area contributed by atoms with Crippen LogP contribution in [0.1, 0.15) is 77.3 Å². The molecule has 5 heteroatoms. The SMILES string of the molecule is CCCCOc1ccc(C2=CCC(C)CC2)cc1COCCC.CNCOC(C)=N. The van der Waals surface area contributed by atoms with Crippen molar-refractivity contribution < 1.29 is 14.2 Å². The molecular formula is C25H42N2O3. The normalized spacial score (nSPS) is 15.6. The van der Waals surface area contributed by atoms with Crippen LogP contribution in [-0.2, 0) is 16.1 Å². The Balaban J connectivity index is 0.000000553. The first-order valence-corrected chi connectivity index (χ1v) is 11.4. The Labute approximate surface area is 183 Å². The van der Waals surface area contributed by atoms with Gasteiger partial charge in [0.15, 0.2) is 5.90 Å². The van der Waals surface area contributed by atoms with E-state index in [-0.39, 0.29) is 5.90 Å². The zero-order valence-electron chi connectivity index (χ0n) is 19.7. The van der Waals surface area contributed by atoms with E-state index in [1.807, 2.05) is 0 Å². The van der Waals surface area contributed by atoms with Gasteiger partial charge in [-0.25, -0.2) is 0 Å². The highest BCUT2D eigenvalue weighted by Crippen LogP contribution is 2.32. The number of benzene rings is 1. The second-order valence-corrected chi connectivity index (χ2v) is 7.88. The van der Waals surface area contributed by atoms with Crippen molar-refractivity contribution in [1.82, 2.24) is 5.32 Å². The van der Waals surface area contributed by atoms with E-state index < -0.39 is 0 Å². The minimum atomic E-state index is 0.245. The third kappa shape index (κ3) is 10.8. The largest absolute Gasteiger partial charge is 0.493 e. The van der Waals surface area contributed by atoms with Gasteiger partial charge in [0.05, 0.1) is 13.2 Å². The average molecular weight is 419 g/mol. The van der Waals surface area contributed by atoms with Gasteiger partial charge >= 0.3 is 0 Å². The molecule has 2 N–H and O–H groups in total. The van der Waals surface area contributed by atoms with Crippen LogP contribution in [-0.4, -0.2) is 32.9 Å². The zero-order chi connectivity index (χ0) is 22.2. The third-order valence-corrected chi connectivity index (χ3v) is 4.90. The summed E-state index contributed by atoms with van der Waals surface area (Å²) < 4.78 is 16.4. The lowest BCUT2D eigenvalue weighted by Gasteiger charge is -2.20. The van der Waals surface area contributed by atoms with Gasteiger partial charge in [0.2, 0.25) is 0 Å². The van der Waals surface area contributed by atoms with Crippen molar-refractivity contribution in [2.75, 3.05) is 27.0 Å². The van der Waals surface area contributed by atoms with Crippen molar-refractivity contribution in [2.45, 2.75) is 72.8 Å². The van der Waals surface area contributed by atoms with Crippen molar-refractivity contribution in [1.29, 1.82) is 5.41 Å². The summed E-state index contributed by atoms with van der Waals surface area (Å²) in [5.74, 6) is 2.06. The molecule has 1 unspecified atom stereocenters. The van der Waals surface area contributed by atoms with Gasteiger partial charge in [0.25, 0.3) is 0 Å². The van der Waals surface area contributed by atoms with Crippen molar-refractivity contribution in [2.24, 2.45) is 5.92 Å². The summed E-state index contributed by atoms with van der Waals surface area (Å²) in [4.78, 5) is 0. The van der Waals surface area contributed by atoms with Crippen molar-refractivity contribution in [3.8, 4) is 5.75 Å². The summed E-state index contributed by atoms with van der Waals surface area (Å²) in [6.45, 7) is 10.9. The molecule has 1 aliphatic carbocycles. The topological polar surface area (TPSA) is 63.6 Å². The number of hydrogen-bond donors (Lipinski definition) is 2. The van der Waals surface area contributed by atoms with E-state index in [2.05, 4.69) is 55.1 Å². The van der Waals surface area contributed by atoms with E-state index in [0.29, 0.717) is 13.3 Å². The van der Waals surface area contributed by atoms with Crippen LogP contribution >= 0.6 is 0 Å². The Morgan fingerprint density at radius 3 is 2.57 bits per heavy atom. The highest BCUT2D eigenvalue weighted by molar-refractivity contribution is 5.69. The molecule has 0 aliphatic heterocycles. The maximum atomic E-state index is 6.74. The molecule has 0 saturated heterocycles. The number of hydrogen-bond acceptors (Lipinski definition) is 5. The smallest absolute Gasteiger partial charge is 0.179 e. The van der Waals surface area contributed by atoms with E-state index in [0.717, 1.165) is 44.1 Å². The molecule has 0 spiro atoms. The fourth-order valence-electron chi connectivity index (χ4n) is 3.09.